The van der Waals surface area contributed by atoms with Gasteiger partial charge in [-0.2, -0.15) is 0 Å². The molecular formula is C14H26N2O. The van der Waals surface area contributed by atoms with Crippen molar-refractivity contribution < 1.29 is 4.79 Å². The van der Waals surface area contributed by atoms with Gasteiger partial charge in [0.2, 0.25) is 5.91 Å². The highest BCUT2D eigenvalue weighted by molar-refractivity contribution is 5.83. The van der Waals surface area contributed by atoms with Crippen molar-refractivity contribution in [3.8, 4) is 0 Å². The molecule has 17 heavy (non-hydrogen) atoms. The first-order valence-electron chi connectivity index (χ1n) is 7.18. The van der Waals surface area contributed by atoms with Crippen LogP contribution in [0.3, 0.4) is 0 Å². The summed E-state index contributed by atoms with van der Waals surface area (Å²) in [5.41, 5.74) is -0.0942. The van der Waals surface area contributed by atoms with Crippen LogP contribution in [0.5, 0.6) is 0 Å². The third-order valence-electron chi connectivity index (χ3n) is 4.48. The van der Waals surface area contributed by atoms with Crippen molar-refractivity contribution in [3.63, 3.8) is 0 Å². The minimum atomic E-state index is -0.0942. The van der Waals surface area contributed by atoms with Crippen molar-refractivity contribution in [2.45, 2.75) is 58.4 Å². The Balaban J connectivity index is 1.86. The molecule has 1 aliphatic carbocycles. The van der Waals surface area contributed by atoms with Crippen molar-refractivity contribution in [2.24, 2.45) is 11.3 Å². The van der Waals surface area contributed by atoms with Gasteiger partial charge in [0.1, 0.15) is 0 Å². The summed E-state index contributed by atoms with van der Waals surface area (Å²) < 4.78 is 0. The summed E-state index contributed by atoms with van der Waals surface area (Å²) in [5, 5.41) is 6.59. The molecule has 0 aromatic heterocycles. The van der Waals surface area contributed by atoms with Gasteiger partial charge in [0, 0.05) is 6.04 Å². The zero-order valence-electron chi connectivity index (χ0n) is 11.2. The molecule has 1 atom stereocenters. The summed E-state index contributed by atoms with van der Waals surface area (Å²) in [7, 11) is 0. The standard InChI is InChI=1S/C14H26N2O/c1-3-14(6-8-15-9-7-14)13(17)16-11(2)10-12-4-5-12/h11-12,15H,3-10H2,1-2H3,(H,16,17). The Kier molecular flexibility index (Phi) is 4.08. The number of hydrogen-bond acceptors (Lipinski definition) is 2. The summed E-state index contributed by atoms with van der Waals surface area (Å²) >= 11 is 0. The second-order valence-corrected chi connectivity index (χ2v) is 5.94. The van der Waals surface area contributed by atoms with E-state index in [1.54, 1.807) is 0 Å². The Labute approximate surface area is 105 Å². The van der Waals surface area contributed by atoms with Crippen LogP contribution in [0.4, 0.5) is 0 Å². The van der Waals surface area contributed by atoms with Crippen molar-refractivity contribution >= 4 is 5.91 Å². The average Bonchev–Trinajstić information content (AvgIpc) is 3.13. The lowest BCUT2D eigenvalue weighted by atomic mass is 9.75. The number of rotatable bonds is 5. The molecule has 1 saturated carbocycles. The van der Waals surface area contributed by atoms with Gasteiger partial charge < -0.3 is 10.6 Å². The van der Waals surface area contributed by atoms with Crippen LogP contribution in [-0.4, -0.2) is 25.0 Å². The molecule has 0 spiro atoms. The monoisotopic (exact) mass is 238 g/mol. The van der Waals surface area contributed by atoms with Crippen LogP contribution in [0.15, 0.2) is 0 Å². The predicted molar refractivity (Wildman–Crippen MR) is 69.8 cm³/mol. The number of carbonyl (C=O) groups excluding carboxylic acids is 1. The summed E-state index contributed by atoms with van der Waals surface area (Å²) in [5.74, 6) is 1.19. The first kappa shape index (κ1) is 12.9. The van der Waals surface area contributed by atoms with Gasteiger partial charge in [0.25, 0.3) is 0 Å². The van der Waals surface area contributed by atoms with Gasteiger partial charge in [0.15, 0.2) is 0 Å². The van der Waals surface area contributed by atoms with Crippen molar-refractivity contribution in [1.82, 2.24) is 10.6 Å². The van der Waals surface area contributed by atoms with E-state index in [0.29, 0.717) is 11.9 Å². The highest BCUT2D eigenvalue weighted by atomic mass is 16.2. The van der Waals surface area contributed by atoms with Crippen molar-refractivity contribution in [1.29, 1.82) is 0 Å². The Morgan fingerprint density at radius 3 is 2.59 bits per heavy atom. The quantitative estimate of drug-likeness (QED) is 0.770. The molecule has 0 bridgehead atoms. The van der Waals surface area contributed by atoms with Crippen LogP contribution in [0.1, 0.15) is 52.4 Å². The van der Waals surface area contributed by atoms with Gasteiger partial charge in [-0.15, -0.1) is 0 Å². The number of amides is 1. The molecule has 0 aromatic rings. The van der Waals surface area contributed by atoms with Gasteiger partial charge in [-0.05, 0) is 51.6 Å². The molecule has 3 nitrogen and oxygen atoms in total. The molecule has 2 N–H and O–H groups in total. The lowest BCUT2D eigenvalue weighted by Gasteiger charge is -2.36. The maximum Gasteiger partial charge on any atom is 0.226 e. The number of piperidine rings is 1. The molecule has 2 fully saturated rings. The SMILES string of the molecule is CCC1(C(=O)NC(C)CC2CC2)CCNCC1. The molecule has 1 heterocycles. The van der Waals surface area contributed by atoms with E-state index in [1.807, 2.05) is 0 Å². The number of nitrogens with one attached hydrogen (secondary N) is 2. The Bertz CT molecular complexity index is 267. The average molecular weight is 238 g/mol. The molecule has 0 aromatic carbocycles. The summed E-state index contributed by atoms with van der Waals surface area (Å²) in [4.78, 5) is 12.4. The Morgan fingerprint density at radius 2 is 2.06 bits per heavy atom. The second kappa shape index (κ2) is 5.38. The zero-order valence-corrected chi connectivity index (χ0v) is 11.2. The van der Waals surface area contributed by atoms with Gasteiger partial charge in [-0.25, -0.2) is 0 Å². The minimum absolute atomic E-state index is 0.0942. The summed E-state index contributed by atoms with van der Waals surface area (Å²) in [6.45, 7) is 6.27. The van der Waals surface area contributed by atoms with E-state index in [4.69, 9.17) is 0 Å². The normalized spacial score (nSPS) is 25.3. The van der Waals surface area contributed by atoms with Crippen molar-refractivity contribution in [2.75, 3.05) is 13.1 Å². The Morgan fingerprint density at radius 1 is 1.41 bits per heavy atom. The first-order valence-corrected chi connectivity index (χ1v) is 7.18. The van der Waals surface area contributed by atoms with Gasteiger partial charge in [-0.3, -0.25) is 4.79 Å². The van der Waals surface area contributed by atoms with E-state index in [-0.39, 0.29) is 5.41 Å². The lowest BCUT2D eigenvalue weighted by molar-refractivity contribution is -0.133. The summed E-state index contributed by atoms with van der Waals surface area (Å²) in [6.07, 6.45) is 6.85. The van der Waals surface area contributed by atoms with Crippen LogP contribution in [0.2, 0.25) is 0 Å². The first-order chi connectivity index (χ1) is 8.16. The molecule has 1 saturated heterocycles. The molecule has 0 radical (unpaired) electrons. The van der Waals surface area contributed by atoms with Crippen molar-refractivity contribution in [3.05, 3.63) is 0 Å². The van der Waals surface area contributed by atoms with Crippen LogP contribution in [0, 0.1) is 11.3 Å². The molecule has 2 aliphatic rings. The van der Waals surface area contributed by atoms with Gasteiger partial charge in [-0.1, -0.05) is 19.8 Å². The van der Waals surface area contributed by atoms with E-state index in [2.05, 4.69) is 24.5 Å². The van der Waals surface area contributed by atoms with Crippen LogP contribution in [0.25, 0.3) is 0 Å². The zero-order chi connectivity index (χ0) is 12.3. The van der Waals surface area contributed by atoms with Crippen LogP contribution >= 0.6 is 0 Å². The number of carbonyl (C=O) groups is 1. The van der Waals surface area contributed by atoms with Crippen LogP contribution in [-0.2, 0) is 4.79 Å². The van der Waals surface area contributed by atoms with E-state index >= 15 is 0 Å². The highest BCUT2D eigenvalue weighted by Gasteiger charge is 2.38. The second-order valence-electron chi connectivity index (χ2n) is 5.94. The third kappa shape index (κ3) is 3.21. The maximum absolute atomic E-state index is 12.4. The maximum atomic E-state index is 12.4. The van der Waals surface area contributed by atoms with Gasteiger partial charge >= 0.3 is 0 Å². The largest absolute Gasteiger partial charge is 0.353 e. The molecule has 98 valence electrons. The molecule has 1 unspecified atom stereocenters. The summed E-state index contributed by atoms with van der Waals surface area (Å²) in [6, 6.07) is 0.355. The Hall–Kier alpha value is -0.570. The third-order valence-corrected chi connectivity index (χ3v) is 4.48. The van der Waals surface area contributed by atoms with E-state index in [0.717, 1.165) is 38.3 Å². The lowest BCUT2D eigenvalue weighted by Crippen LogP contribution is -2.49. The smallest absolute Gasteiger partial charge is 0.226 e. The molecule has 1 aliphatic heterocycles. The molecule has 3 heteroatoms. The molecule has 1 amide bonds. The highest BCUT2D eigenvalue weighted by Crippen LogP contribution is 2.35. The minimum Gasteiger partial charge on any atom is -0.353 e. The number of hydrogen-bond donors (Lipinski definition) is 2. The van der Waals surface area contributed by atoms with E-state index in [1.165, 1.54) is 19.3 Å². The predicted octanol–water partition coefficient (Wildman–Crippen LogP) is 2.07. The molecular weight excluding hydrogens is 212 g/mol. The van der Waals surface area contributed by atoms with Crippen LogP contribution < -0.4 is 10.6 Å². The topological polar surface area (TPSA) is 41.1 Å². The fourth-order valence-corrected chi connectivity index (χ4v) is 2.94. The van der Waals surface area contributed by atoms with Gasteiger partial charge in [0.05, 0.1) is 5.41 Å². The fraction of sp³-hybridized carbons (Fsp3) is 0.929. The molecule has 2 rings (SSSR count). The van der Waals surface area contributed by atoms with E-state index < -0.39 is 0 Å². The fourth-order valence-electron chi connectivity index (χ4n) is 2.94. The van der Waals surface area contributed by atoms with E-state index in [9.17, 15) is 4.79 Å².